The van der Waals surface area contributed by atoms with Crippen LogP contribution < -0.4 is 0 Å². The Kier molecular flexibility index (Phi) is 31.7. The van der Waals surface area contributed by atoms with Gasteiger partial charge in [0, 0.05) is 28.8 Å². The quantitative estimate of drug-likeness (QED) is 0.0274. The Hall–Kier alpha value is -20.3. The summed E-state index contributed by atoms with van der Waals surface area (Å²) in [4.78, 5) is 84.6. The minimum absolute atomic E-state index is 0. The van der Waals surface area contributed by atoms with Crippen LogP contribution in [0.25, 0.3) is 0 Å². The minimum Gasteiger partial charge on any atom is -0.508 e. The monoisotopic (exact) mass is 1850 g/mol. The molecule has 0 atom stereocenters. The first-order valence-electron chi connectivity index (χ1n) is 36.6. The fraction of sp³-hybridized carbons (Fsp3) is 0. The van der Waals surface area contributed by atoms with Gasteiger partial charge in [-0.3, -0.25) is 33.6 Å². The standard InChI is InChI=1S/7C13H10O6.H2O/c14-8-3-1-6(5-10(8)16)11(17)7-2-4-9(15)13(19)12(7)18;14-7-3-1-2-6(4-7)11(17)10-8(15)5-9(16)12(18)13(10)19;14-7-2-1-3-8(15)10(7)11(17)6-4-5-9(16)13(19)12(6)18;14-8-3-1-2-6(11(8)17)10(16)7-4-5-9(15)13(19)12(7)18;14-8-4-2-1-3-6(8)10(16)7-5-9(15)12(18)13(19)11(7)17;14-7-4-2-1-3-6(7)11(17)10-8(15)5-9(16)12(18)13(10)19;14-8(6-4-2-1-3-5-6)7-9(15)11(17)13(19)12(18)10(7)16;/h3*1-5,14-16,18-19H;2*1-5,14-15,17-19H;1-5,14-16,18-19H;1-5,15-19H;1H2. The van der Waals surface area contributed by atoms with E-state index in [4.69, 9.17) is 20.4 Å². The third-order valence-corrected chi connectivity index (χ3v) is 18.3. The van der Waals surface area contributed by atoms with Crippen molar-refractivity contribution in [2.75, 3.05) is 0 Å². The number of benzene rings is 14. The third-order valence-electron chi connectivity index (χ3n) is 18.3. The van der Waals surface area contributed by atoms with Gasteiger partial charge in [-0.2, -0.15) is 0 Å². The second kappa shape index (κ2) is 42.1. The van der Waals surface area contributed by atoms with Gasteiger partial charge in [0.25, 0.3) is 0 Å². The van der Waals surface area contributed by atoms with Crippen molar-refractivity contribution in [2.24, 2.45) is 0 Å². The van der Waals surface area contributed by atoms with E-state index in [1.165, 1.54) is 121 Å². The van der Waals surface area contributed by atoms with Gasteiger partial charge in [-0.15, -0.1) is 0 Å². The number of phenols is 35. The van der Waals surface area contributed by atoms with Crippen LogP contribution in [-0.2, 0) is 0 Å². The molecule has 37 N–H and O–H groups in total. The second-order valence-electron chi connectivity index (χ2n) is 26.9. The lowest BCUT2D eigenvalue weighted by Gasteiger charge is -2.11. The Labute approximate surface area is 746 Å². The van der Waals surface area contributed by atoms with Crippen LogP contribution in [0.4, 0.5) is 0 Å². The van der Waals surface area contributed by atoms with Crippen LogP contribution in [0, 0.1) is 0 Å². The summed E-state index contributed by atoms with van der Waals surface area (Å²) >= 11 is 0. The molecule has 0 aliphatic carbocycles. The molecule has 0 bridgehead atoms. The summed E-state index contributed by atoms with van der Waals surface area (Å²) in [6, 6.07) is 43.7. The van der Waals surface area contributed by atoms with Crippen molar-refractivity contribution in [3.05, 3.63) is 290 Å². The Bertz CT molecular complexity index is 6860. The lowest BCUT2D eigenvalue weighted by molar-refractivity contribution is 0.102. The highest BCUT2D eigenvalue weighted by atomic mass is 16.4. The Morgan fingerprint density at radius 2 is 0.425 bits per heavy atom. The predicted molar refractivity (Wildman–Crippen MR) is 456 cm³/mol. The maximum Gasteiger partial charge on any atom is 0.208 e. The zero-order chi connectivity index (χ0) is 99.1. The van der Waals surface area contributed by atoms with E-state index >= 15 is 0 Å². The van der Waals surface area contributed by atoms with Crippen molar-refractivity contribution in [3.63, 3.8) is 0 Å². The topological polar surface area (TPSA) is 859 Å². The number of ketones is 7. The molecule has 14 aromatic carbocycles. The maximum atomic E-state index is 12.1. The first-order chi connectivity index (χ1) is 62.5. The first kappa shape index (κ1) is 101. The molecule has 0 unspecified atom stereocenters. The van der Waals surface area contributed by atoms with E-state index in [0.717, 1.165) is 72.8 Å². The summed E-state index contributed by atoms with van der Waals surface area (Å²) in [5, 5.41) is 329. The first-order valence-corrected chi connectivity index (χ1v) is 36.6. The van der Waals surface area contributed by atoms with Gasteiger partial charge in [0.2, 0.25) is 92.2 Å². The molecule has 43 heteroatoms. The molecule has 0 radical (unpaired) electrons. The molecular formula is C91H72O43. The molecule has 0 heterocycles. The Balaban J connectivity index is 0.000000213. The van der Waals surface area contributed by atoms with E-state index in [0.29, 0.717) is 0 Å². The summed E-state index contributed by atoms with van der Waals surface area (Å²) in [6.07, 6.45) is 0. The van der Waals surface area contributed by atoms with Crippen molar-refractivity contribution in [1.29, 1.82) is 0 Å². The molecule has 43 nitrogen and oxygen atoms in total. The number of aromatic hydroxyl groups is 35. The molecule has 0 spiro atoms. The average Bonchev–Trinajstić information content (AvgIpc) is 0.778. The molecule has 0 saturated carbocycles. The highest BCUT2D eigenvalue weighted by Gasteiger charge is 2.32. The van der Waals surface area contributed by atoms with Crippen LogP contribution in [0.15, 0.2) is 212 Å². The Morgan fingerprint density at radius 1 is 0.134 bits per heavy atom. The summed E-state index contributed by atoms with van der Waals surface area (Å²) < 4.78 is 0. The number of hydrogen-bond donors (Lipinski definition) is 35. The van der Waals surface area contributed by atoms with Gasteiger partial charge in [-0.25, -0.2) is 0 Å². The number of carbonyl (C=O) groups is 7. The van der Waals surface area contributed by atoms with E-state index in [2.05, 4.69) is 0 Å². The normalized spacial score (nSPS) is 10.2. The lowest BCUT2D eigenvalue weighted by atomic mass is 10.00. The van der Waals surface area contributed by atoms with Gasteiger partial charge in [0.05, 0.1) is 38.9 Å². The zero-order valence-corrected chi connectivity index (χ0v) is 67.2. The number of hydrogen-bond acceptors (Lipinski definition) is 42. The largest absolute Gasteiger partial charge is 0.508 e. The van der Waals surface area contributed by atoms with Crippen LogP contribution in [0.5, 0.6) is 201 Å². The van der Waals surface area contributed by atoms with Crippen LogP contribution in [0.1, 0.15) is 111 Å². The van der Waals surface area contributed by atoms with E-state index in [1.54, 1.807) is 18.2 Å². The van der Waals surface area contributed by atoms with Gasteiger partial charge in [-0.05, 0) is 121 Å². The van der Waals surface area contributed by atoms with Gasteiger partial charge in [-0.1, -0.05) is 78.9 Å². The minimum atomic E-state index is -1.10. The smallest absolute Gasteiger partial charge is 0.208 e. The molecule has 694 valence electrons. The molecule has 134 heavy (non-hydrogen) atoms. The van der Waals surface area contributed by atoms with Crippen LogP contribution >= 0.6 is 0 Å². The van der Waals surface area contributed by atoms with Crippen LogP contribution in [0.3, 0.4) is 0 Å². The number of carbonyl (C=O) groups excluding carboxylic acids is 7. The third kappa shape index (κ3) is 21.6. The van der Waals surface area contributed by atoms with Crippen molar-refractivity contribution >= 4 is 40.5 Å². The summed E-state index contributed by atoms with van der Waals surface area (Å²) in [7, 11) is 0. The molecule has 0 aromatic heterocycles. The van der Waals surface area contributed by atoms with E-state index in [9.17, 15) is 192 Å². The van der Waals surface area contributed by atoms with E-state index in [1.807, 2.05) is 0 Å². The van der Waals surface area contributed by atoms with Crippen LogP contribution in [0.2, 0.25) is 0 Å². The number of para-hydroxylation sites is 3. The van der Waals surface area contributed by atoms with Gasteiger partial charge >= 0.3 is 0 Å². The highest BCUT2D eigenvalue weighted by molar-refractivity contribution is 6.18. The molecule has 0 fully saturated rings. The molecule has 0 saturated heterocycles. The van der Waals surface area contributed by atoms with E-state index in [-0.39, 0.29) is 78.5 Å². The van der Waals surface area contributed by atoms with E-state index < -0.39 is 247 Å². The number of phenolic OH excluding ortho intramolecular Hbond substituents is 35. The fourth-order valence-electron chi connectivity index (χ4n) is 11.4. The fourth-order valence-corrected chi connectivity index (χ4v) is 11.4. The molecule has 0 aliphatic heterocycles. The summed E-state index contributed by atoms with van der Waals surface area (Å²) in [6.45, 7) is 0. The second-order valence-corrected chi connectivity index (χ2v) is 26.9. The molecule has 14 rings (SSSR count). The molecular weight excluding hydrogens is 1780 g/mol. The van der Waals surface area contributed by atoms with Gasteiger partial charge in [0.1, 0.15) is 62.5 Å². The average molecular weight is 1850 g/mol. The maximum absolute atomic E-state index is 12.1. The van der Waals surface area contributed by atoms with Crippen LogP contribution in [-0.4, -0.2) is 225 Å². The number of rotatable bonds is 14. The molecule has 0 aliphatic rings. The van der Waals surface area contributed by atoms with Gasteiger partial charge < -0.3 is 184 Å². The molecule has 0 amide bonds. The predicted octanol–water partition coefficient (Wildman–Crippen LogP) is 9.29. The SMILES string of the molecule is O.O=C(c1ccc(O)c(O)c1)c1ccc(O)c(O)c1O.O=C(c1ccc(O)c(O)c1O)c1c(O)cccc1O.O=C(c1cccc(O)c1)c1c(O)cc(O)c(O)c1O.O=C(c1cccc(O)c1O)c1ccc(O)c(O)c1O.O=C(c1ccccc1)c1c(O)c(O)c(O)c(O)c1O.O=C(c1ccccc1O)c1c(O)cc(O)c(O)c1O.O=C(c1ccccc1O)c1cc(O)c(O)c(O)c1O. The Morgan fingerprint density at radius 3 is 0.888 bits per heavy atom. The highest BCUT2D eigenvalue weighted by Crippen LogP contribution is 2.53. The summed E-state index contributed by atoms with van der Waals surface area (Å²) in [5.74, 6) is -31.3. The van der Waals surface area contributed by atoms with Crippen molar-refractivity contribution < 1.29 is 218 Å². The van der Waals surface area contributed by atoms with Crippen molar-refractivity contribution in [3.8, 4) is 201 Å². The summed E-state index contributed by atoms with van der Waals surface area (Å²) in [5.41, 5.74) is -3.91. The zero-order valence-electron chi connectivity index (χ0n) is 67.2. The van der Waals surface area contributed by atoms with Gasteiger partial charge in [0.15, 0.2) is 109 Å². The van der Waals surface area contributed by atoms with Crippen molar-refractivity contribution in [1.82, 2.24) is 0 Å². The molecule has 14 aromatic rings. The lowest BCUT2D eigenvalue weighted by Crippen LogP contribution is -2.02. The van der Waals surface area contributed by atoms with Crippen molar-refractivity contribution in [2.45, 2.75) is 0 Å².